The lowest BCUT2D eigenvalue weighted by molar-refractivity contribution is 0.284. The smallest absolute Gasteiger partial charge is 0.161 e. The van der Waals surface area contributed by atoms with Crippen molar-refractivity contribution in [1.82, 2.24) is 4.90 Å². The van der Waals surface area contributed by atoms with E-state index >= 15 is 0 Å². The number of benzene rings is 2. The molecule has 0 heterocycles. The largest absolute Gasteiger partial charge is 0.493 e. The van der Waals surface area contributed by atoms with Crippen molar-refractivity contribution >= 4 is 23.2 Å². The molecule has 0 bridgehead atoms. The number of hydrogen-bond donors (Lipinski definition) is 0. The van der Waals surface area contributed by atoms with Crippen molar-refractivity contribution in [3.63, 3.8) is 0 Å². The van der Waals surface area contributed by atoms with Crippen molar-refractivity contribution in [1.29, 1.82) is 0 Å². The van der Waals surface area contributed by atoms with Crippen LogP contribution in [0.2, 0.25) is 10.0 Å². The van der Waals surface area contributed by atoms with Crippen LogP contribution in [-0.2, 0) is 13.0 Å². The number of methoxy groups -OCH3 is 1. The molecule has 0 unspecified atom stereocenters. The Labute approximate surface area is 154 Å². The molecule has 0 aliphatic heterocycles. The summed E-state index contributed by atoms with van der Waals surface area (Å²) in [6, 6.07) is 11.5. The number of halogens is 2. The summed E-state index contributed by atoms with van der Waals surface area (Å²) in [6.45, 7) is 1.36. The molecule has 0 aliphatic carbocycles. The molecule has 0 radical (unpaired) electrons. The van der Waals surface area contributed by atoms with E-state index in [1.165, 1.54) is 5.56 Å². The SMILES string of the molecule is COc1cc(CCCN(C)C)ccc1OCc1c(Cl)cccc1Cl. The van der Waals surface area contributed by atoms with E-state index in [1.807, 2.05) is 18.2 Å². The second-order valence-electron chi connectivity index (χ2n) is 5.88. The molecule has 0 saturated carbocycles. The van der Waals surface area contributed by atoms with E-state index in [-0.39, 0.29) is 0 Å². The summed E-state index contributed by atoms with van der Waals surface area (Å²) in [6.07, 6.45) is 2.11. The molecular formula is C19H23Cl2NO2. The van der Waals surface area contributed by atoms with Gasteiger partial charge in [-0.15, -0.1) is 0 Å². The highest BCUT2D eigenvalue weighted by Crippen LogP contribution is 2.31. The van der Waals surface area contributed by atoms with Crippen LogP contribution in [-0.4, -0.2) is 32.6 Å². The third-order valence-electron chi connectivity index (χ3n) is 3.73. The average molecular weight is 368 g/mol. The maximum atomic E-state index is 6.18. The third kappa shape index (κ3) is 5.30. The summed E-state index contributed by atoms with van der Waals surface area (Å²) in [4.78, 5) is 2.18. The lowest BCUT2D eigenvalue weighted by atomic mass is 10.1. The van der Waals surface area contributed by atoms with Gasteiger partial charge in [0, 0.05) is 15.6 Å². The molecule has 0 atom stereocenters. The van der Waals surface area contributed by atoms with Crippen LogP contribution in [0.1, 0.15) is 17.5 Å². The highest BCUT2D eigenvalue weighted by atomic mass is 35.5. The van der Waals surface area contributed by atoms with Gasteiger partial charge < -0.3 is 14.4 Å². The summed E-state index contributed by atoms with van der Waals surface area (Å²) in [5.74, 6) is 1.41. The molecule has 2 rings (SSSR count). The topological polar surface area (TPSA) is 21.7 Å². The summed E-state index contributed by atoms with van der Waals surface area (Å²) >= 11 is 12.4. The van der Waals surface area contributed by atoms with Crippen LogP contribution < -0.4 is 9.47 Å². The number of ether oxygens (including phenoxy) is 2. The predicted octanol–water partition coefficient (Wildman–Crippen LogP) is 5.08. The molecular weight excluding hydrogens is 345 g/mol. The number of hydrogen-bond acceptors (Lipinski definition) is 3. The molecule has 24 heavy (non-hydrogen) atoms. The standard InChI is InChI=1S/C19H23Cl2NO2/c1-22(2)11-5-6-14-9-10-18(19(12-14)23-3)24-13-15-16(20)7-4-8-17(15)21/h4,7-10,12H,5-6,11,13H2,1-3H3. The molecule has 3 nitrogen and oxygen atoms in total. The van der Waals surface area contributed by atoms with E-state index in [4.69, 9.17) is 32.7 Å². The second kappa shape index (κ2) is 9.16. The molecule has 0 aromatic heterocycles. The fourth-order valence-corrected chi connectivity index (χ4v) is 2.91. The molecule has 0 N–H and O–H groups in total. The monoisotopic (exact) mass is 367 g/mol. The van der Waals surface area contributed by atoms with Crippen LogP contribution in [0.15, 0.2) is 36.4 Å². The van der Waals surface area contributed by atoms with E-state index in [9.17, 15) is 0 Å². The molecule has 130 valence electrons. The molecule has 0 spiro atoms. The molecule has 2 aromatic rings. The van der Waals surface area contributed by atoms with Crippen LogP contribution in [0, 0.1) is 0 Å². The Morgan fingerprint density at radius 2 is 1.71 bits per heavy atom. The Balaban J connectivity index is 2.05. The van der Waals surface area contributed by atoms with Gasteiger partial charge in [-0.05, 0) is 63.3 Å². The number of nitrogens with zero attached hydrogens (tertiary/aromatic N) is 1. The van der Waals surface area contributed by atoms with Crippen LogP contribution in [0.5, 0.6) is 11.5 Å². The quantitative estimate of drug-likeness (QED) is 0.649. The minimum atomic E-state index is 0.300. The fraction of sp³-hybridized carbons (Fsp3) is 0.368. The van der Waals surface area contributed by atoms with Gasteiger partial charge in [-0.3, -0.25) is 0 Å². The van der Waals surface area contributed by atoms with Crippen molar-refractivity contribution in [3.8, 4) is 11.5 Å². The normalized spacial score (nSPS) is 10.9. The van der Waals surface area contributed by atoms with Crippen molar-refractivity contribution in [3.05, 3.63) is 57.6 Å². The minimum Gasteiger partial charge on any atom is -0.493 e. The molecule has 0 fully saturated rings. The van der Waals surface area contributed by atoms with Gasteiger partial charge in [0.25, 0.3) is 0 Å². The van der Waals surface area contributed by atoms with Crippen LogP contribution >= 0.6 is 23.2 Å². The van der Waals surface area contributed by atoms with Gasteiger partial charge in [0.05, 0.1) is 7.11 Å². The Kier molecular flexibility index (Phi) is 7.22. The van der Waals surface area contributed by atoms with E-state index in [2.05, 4.69) is 25.1 Å². The van der Waals surface area contributed by atoms with Crippen molar-refractivity contribution < 1.29 is 9.47 Å². The first-order chi connectivity index (χ1) is 11.5. The summed E-state index contributed by atoms with van der Waals surface area (Å²) < 4.78 is 11.3. The van der Waals surface area contributed by atoms with Crippen LogP contribution in [0.4, 0.5) is 0 Å². The minimum absolute atomic E-state index is 0.300. The first kappa shape index (κ1) is 18.9. The maximum Gasteiger partial charge on any atom is 0.161 e. The van der Waals surface area contributed by atoms with Gasteiger partial charge in [-0.1, -0.05) is 35.3 Å². The van der Waals surface area contributed by atoms with Gasteiger partial charge in [-0.2, -0.15) is 0 Å². The van der Waals surface area contributed by atoms with Gasteiger partial charge in [0.2, 0.25) is 0 Å². The van der Waals surface area contributed by atoms with E-state index in [1.54, 1.807) is 19.2 Å². The van der Waals surface area contributed by atoms with Gasteiger partial charge >= 0.3 is 0 Å². The predicted molar refractivity (Wildman–Crippen MR) is 101 cm³/mol. The summed E-state index contributed by atoms with van der Waals surface area (Å²) in [5.41, 5.74) is 2.01. The lowest BCUT2D eigenvalue weighted by Crippen LogP contribution is -2.13. The first-order valence-electron chi connectivity index (χ1n) is 7.88. The zero-order valence-electron chi connectivity index (χ0n) is 14.3. The molecule has 0 aliphatic rings. The Bertz CT molecular complexity index is 654. The Hall–Kier alpha value is -1.42. The van der Waals surface area contributed by atoms with Crippen LogP contribution in [0.25, 0.3) is 0 Å². The van der Waals surface area contributed by atoms with E-state index < -0.39 is 0 Å². The molecule has 2 aromatic carbocycles. The molecule has 0 saturated heterocycles. The van der Waals surface area contributed by atoms with Gasteiger partial charge in [0.15, 0.2) is 11.5 Å². The number of aryl methyl sites for hydroxylation is 1. The second-order valence-corrected chi connectivity index (χ2v) is 6.70. The lowest BCUT2D eigenvalue weighted by Gasteiger charge is -2.14. The average Bonchev–Trinajstić information content (AvgIpc) is 2.54. The zero-order chi connectivity index (χ0) is 17.5. The van der Waals surface area contributed by atoms with Crippen molar-refractivity contribution in [2.75, 3.05) is 27.7 Å². The van der Waals surface area contributed by atoms with Crippen molar-refractivity contribution in [2.24, 2.45) is 0 Å². The number of rotatable bonds is 8. The van der Waals surface area contributed by atoms with E-state index in [0.717, 1.165) is 30.7 Å². The fourth-order valence-electron chi connectivity index (χ4n) is 2.41. The Morgan fingerprint density at radius 1 is 1.00 bits per heavy atom. The molecule has 5 heteroatoms. The summed E-state index contributed by atoms with van der Waals surface area (Å²) in [7, 11) is 5.81. The zero-order valence-corrected chi connectivity index (χ0v) is 15.8. The highest BCUT2D eigenvalue weighted by molar-refractivity contribution is 6.35. The van der Waals surface area contributed by atoms with Gasteiger partial charge in [0.1, 0.15) is 6.61 Å². The summed E-state index contributed by atoms with van der Waals surface area (Å²) in [5, 5.41) is 1.20. The molecule has 0 amide bonds. The van der Waals surface area contributed by atoms with Crippen molar-refractivity contribution in [2.45, 2.75) is 19.4 Å². The first-order valence-corrected chi connectivity index (χ1v) is 8.64. The van der Waals surface area contributed by atoms with Gasteiger partial charge in [-0.25, -0.2) is 0 Å². The van der Waals surface area contributed by atoms with E-state index in [0.29, 0.717) is 22.4 Å². The maximum absolute atomic E-state index is 6.18. The highest BCUT2D eigenvalue weighted by Gasteiger charge is 2.10. The third-order valence-corrected chi connectivity index (χ3v) is 4.44. The Morgan fingerprint density at radius 3 is 2.33 bits per heavy atom. The van der Waals surface area contributed by atoms with Crippen LogP contribution in [0.3, 0.4) is 0 Å².